The number of aliphatic hydroxyl groups is 1. The number of hydrogen-bond donors (Lipinski definition) is 2. The van der Waals surface area contributed by atoms with Crippen molar-refractivity contribution in [2.24, 2.45) is 11.8 Å². The Bertz CT molecular complexity index is 904. The maximum atomic E-state index is 13.3. The van der Waals surface area contributed by atoms with Gasteiger partial charge in [-0.15, -0.1) is 0 Å². The van der Waals surface area contributed by atoms with Crippen LogP contribution in [0.25, 0.3) is 0 Å². The molecule has 1 fully saturated rings. The minimum absolute atomic E-state index is 0.128. The number of Topliss-reactive ketones (excluding diaryl/α,β-unsaturated/α-hetero) is 1. The second kappa shape index (κ2) is 9.33. The van der Waals surface area contributed by atoms with Crippen LogP contribution in [0.5, 0.6) is 11.5 Å². The van der Waals surface area contributed by atoms with Gasteiger partial charge in [-0.2, -0.15) is 0 Å². The summed E-state index contributed by atoms with van der Waals surface area (Å²) in [5.41, 5.74) is -3.12. The highest BCUT2D eigenvalue weighted by Crippen LogP contribution is 2.48. The molecule has 1 aliphatic rings. The summed E-state index contributed by atoms with van der Waals surface area (Å²) in [5.74, 6) is -5.73. The highest BCUT2D eigenvalue weighted by atomic mass is 16.6. The van der Waals surface area contributed by atoms with E-state index in [0.717, 1.165) is 0 Å². The summed E-state index contributed by atoms with van der Waals surface area (Å²) in [4.78, 5) is 39.7. The first kappa shape index (κ1) is 26.6. The number of esters is 2. The van der Waals surface area contributed by atoms with Gasteiger partial charge in [0.2, 0.25) is 0 Å². The second-order valence-electron chi connectivity index (χ2n) is 10.7. The van der Waals surface area contributed by atoms with Crippen LogP contribution >= 0.6 is 0 Å². The molecule has 8 heteroatoms. The van der Waals surface area contributed by atoms with Crippen molar-refractivity contribution >= 4 is 17.7 Å². The Morgan fingerprint density at radius 1 is 1.06 bits per heavy atom. The Balaban J connectivity index is 2.71. The molecule has 0 amide bonds. The van der Waals surface area contributed by atoms with Gasteiger partial charge in [0.15, 0.2) is 17.3 Å². The molecule has 0 unspecified atom stereocenters. The minimum Gasteiger partial charge on any atom is -0.504 e. The lowest BCUT2D eigenvalue weighted by molar-refractivity contribution is -0.182. The minimum atomic E-state index is -1.77. The predicted molar refractivity (Wildman–Crippen MR) is 121 cm³/mol. The SMILES string of the molecule is CCOc1cc([C@@H]2[C@@H](C(=O)OC(C)(C)C)C(=O)C[C@@](C)(O)[C@@H]2C(=O)OC(C)(C)C)ccc1O. The molecule has 2 rings (SSSR count). The lowest BCUT2D eigenvalue weighted by Gasteiger charge is -2.44. The van der Waals surface area contributed by atoms with E-state index >= 15 is 0 Å². The van der Waals surface area contributed by atoms with Crippen LogP contribution in [0.2, 0.25) is 0 Å². The van der Waals surface area contributed by atoms with Crippen LogP contribution in [0.3, 0.4) is 0 Å². The zero-order valence-corrected chi connectivity index (χ0v) is 20.7. The summed E-state index contributed by atoms with van der Waals surface area (Å²) in [6.07, 6.45) is -0.409. The maximum Gasteiger partial charge on any atom is 0.317 e. The van der Waals surface area contributed by atoms with E-state index in [9.17, 15) is 24.6 Å². The van der Waals surface area contributed by atoms with Gasteiger partial charge < -0.3 is 24.4 Å². The smallest absolute Gasteiger partial charge is 0.317 e. The highest BCUT2D eigenvalue weighted by molar-refractivity contribution is 6.03. The van der Waals surface area contributed by atoms with Crippen molar-refractivity contribution in [2.45, 2.75) is 84.5 Å². The number of ether oxygens (including phenoxy) is 3. The molecule has 0 aromatic heterocycles. The summed E-state index contributed by atoms with van der Waals surface area (Å²) < 4.78 is 16.6. The summed E-state index contributed by atoms with van der Waals surface area (Å²) in [7, 11) is 0. The van der Waals surface area contributed by atoms with E-state index in [2.05, 4.69) is 0 Å². The Labute approximate surface area is 195 Å². The third kappa shape index (κ3) is 6.47. The average molecular weight is 465 g/mol. The van der Waals surface area contributed by atoms with Gasteiger partial charge in [-0.3, -0.25) is 14.4 Å². The third-order valence-corrected chi connectivity index (χ3v) is 5.26. The zero-order valence-electron chi connectivity index (χ0n) is 20.7. The van der Waals surface area contributed by atoms with Crippen LogP contribution in [0.4, 0.5) is 0 Å². The number of phenols is 1. The van der Waals surface area contributed by atoms with Crippen LogP contribution in [0.1, 0.15) is 73.3 Å². The maximum absolute atomic E-state index is 13.3. The number of benzene rings is 1. The molecule has 1 aromatic carbocycles. The molecule has 0 saturated heterocycles. The number of aromatic hydroxyl groups is 1. The molecule has 0 aliphatic heterocycles. The van der Waals surface area contributed by atoms with Crippen molar-refractivity contribution in [1.82, 2.24) is 0 Å². The van der Waals surface area contributed by atoms with E-state index in [1.807, 2.05) is 0 Å². The molecule has 1 saturated carbocycles. The van der Waals surface area contributed by atoms with Crippen LogP contribution < -0.4 is 4.74 Å². The Kier molecular flexibility index (Phi) is 7.53. The largest absolute Gasteiger partial charge is 0.504 e. The van der Waals surface area contributed by atoms with E-state index in [1.54, 1.807) is 48.5 Å². The number of carbonyl (C=O) groups excluding carboxylic acids is 3. The predicted octanol–water partition coefficient (Wildman–Crippen LogP) is 3.51. The Morgan fingerprint density at radius 2 is 1.61 bits per heavy atom. The topological polar surface area (TPSA) is 119 Å². The molecule has 0 radical (unpaired) electrons. The molecule has 184 valence electrons. The molecular weight excluding hydrogens is 428 g/mol. The lowest BCUT2D eigenvalue weighted by Crippen LogP contribution is -2.56. The Hall–Kier alpha value is -2.61. The lowest BCUT2D eigenvalue weighted by atomic mass is 9.61. The van der Waals surface area contributed by atoms with Crippen LogP contribution in [0.15, 0.2) is 18.2 Å². The van der Waals surface area contributed by atoms with Gasteiger partial charge in [0.05, 0.1) is 18.1 Å². The van der Waals surface area contributed by atoms with Gasteiger partial charge in [0.1, 0.15) is 17.1 Å². The molecule has 2 N–H and O–H groups in total. The monoisotopic (exact) mass is 464 g/mol. The van der Waals surface area contributed by atoms with Gasteiger partial charge in [0.25, 0.3) is 0 Å². The number of ketones is 1. The second-order valence-corrected chi connectivity index (χ2v) is 10.7. The van der Waals surface area contributed by atoms with Crippen molar-refractivity contribution in [3.8, 4) is 11.5 Å². The number of phenolic OH excluding ortho intramolecular Hbond substituents is 1. The molecule has 4 atom stereocenters. The van der Waals surface area contributed by atoms with E-state index < -0.39 is 58.7 Å². The summed E-state index contributed by atoms with van der Waals surface area (Å²) in [5, 5.41) is 21.4. The van der Waals surface area contributed by atoms with Crippen LogP contribution in [0, 0.1) is 11.8 Å². The van der Waals surface area contributed by atoms with Gasteiger partial charge in [-0.25, -0.2) is 0 Å². The first-order valence-electron chi connectivity index (χ1n) is 11.1. The number of hydrogen-bond acceptors (Lipinski definition) is 8. The fourth-order valence-corrected chi connectivity index (χ4v) is 4.16. The third-order valence-electron chi connectivity index (χ3n) is 5.26. The van der Waals surface area contributed by atoms with E-state index in [4.69, 9.17) is 14.2 Å². The Morgan fingerprint density at radius 3 is 2.12 bits per heavy atom. The van der Waals surface area contributed by atoms with Crippen molar-refractivity contribution in [3.63, 3.8) is 0 Å². The first-order valence-corrected chi connectivity index (χ1v) is 11.1. The van der Waals surface area contributed by atoms with E-state index in [1.165, 1.54) is 25.1 Å². The van der Waals surface area contributed by atoms with Crippen molar-refractivity contribution in [2.75, 3.05) is 6.61 Å². The number of rotatable bonds is 5. The molecule has 0 heterocycles. The molecular formula is C25H36O8. The van der Waals surface area contributed by atoms with Crippen molar-refractivity contribution < 1.29 is 38.8 Å². The van der Waals surface area contributed by atoms with Gasteiger partial charge in [-0.1, -0.05) is 6.07 Å². The van der Waals surface area contributed by atoms with Crippen LogP contribution in [-0.4, -0.2) is 51.3 Å². The molecule has 1 aliphatic carbocycles. The van der Waals surface area contributed by atoms with Crippen molar-refractivity contribution in [1.29, 1.82) is 0 Å². The summed E-state index contributed by atoms with van der Waals surface area (Å²) in [6.45, 7) is 13.5. The molecule has 8 nitrogen and oxygen atoms in total. The molecule has 0 bridgehead atoms. The quantitative estimate of drug-likeness (QED) is 0.502. The molecule has 33 heavy (non-hydrogen) atoms. The van der Waals surface area contributed by atoms with Gasteiger partial charge >= 0.3 is 11.9 Å². The number of carbonyl (C=O) groups is 3. The molecule has 1 aromatic rings. The van der Waals surface area contributed by atoms with Crippen LogP contribution in [-0.2, 0) is 23.9 Å². The summed E-state index contributed by atoms with van der Waals surface area (Å²) in [6, 6.07) is 4.35. The normalized spacial score (nSPS) is 26.0. The first-order chi connectivity index (χ1) is 15.0. The highest BCUT2D eigenvalue weighted by Gasteiger charge is 2.58. The summed E-state index contributed by atoms with van der Waals surface area (Å²) >= 11 is 0. The zero-order chi connectivity index (χ0) is 25.4. The molecule has 0 spiro atoms. The standard InChI is InChI=1S/C25H36O8/c1-9-31-17-12-14(10-11-15(17)26)18-19(21(28)32-23(2,3)4)16(27)13-25(8,30)20(18)22(29)33-24(5,6)7/h10-12,18-20,26,30H,9,13H2,1-8H3/t18-,19+,20+,25-/m1/s1. The fraction of sp³-hybridized carbons (Fsp3) is 0.640. The van der Waals surface area contributed by atoms with Crippen molar-refractivity contribution in [3.05, 3.63) is 23.8 Å². The van der Waals surface area contributed by atoms with Gasteiger partial charge in [-0.05, 0) is 73.1 Å². The fourth-order valence-electron chi connectivity index (χ4n) is 4.16. The van der Waals surface area contributed by atoms with E-state index in [0.29, 0.717) is 5.56 Å². The van der Waals surface area contributed by atoms with Gasteiger partial charge in [0, 0.05) is 12.3 Å². The average Bonchev–Trinajstić information content (AvgIpc) is 2.59. The van der Waals surface area contributed by atoms with E-state index in [-0.39, 0.29) is 18.1 Å².